The fourth-order valence-corrected chi connectivity index (χ4v) is 6.55. The molecule has 2 aliphatic carbocycles. The molecular weight excluding hydrogens is 518 g/mol. The molecule has 0 saturated heterocycles. The third-order valence-corrected chi connectivity index (χ3v) is 8.85. The highest BCUT2D eigenvalue weighted by Crippen LogP contribution is 2.71. The molecule has 41 heavy (non-hydrogen) atoms. The van der Waals surface area contributed by atoms with Crippen molar-refractivity contribution in [1.29, 1.82) is 0 Å². The molecule has 2 saturated carbocycles. The number of benzene rings is 1. The summed E-state index contributed by atoms with van der Waals surface area (Å²) in [6, 6.07) is 13.5. The summed E-state index contributed by atoms with van der Waals surface area (Å²) in [4.78, 5) is 35.1. The van der Waals surface area contributed by atoms with Gasteiger partial charge in [-0.15, -0.1) is 0 Å². The summed E-state index contributed by atoms with van der Waals surface area (Å²) in [6.07, 6.45) is 4.86. The van der Waals surface area contributed by atoms with Crippen LogP contribution in [-0.2, 0) is 25.5 Å². The third kappa shape index (κ3) is 4.67. The number of hydrogen-bond donors (Lipinski definition) is 2. The van der Waals surface area contributed by atoms with E-state index in [2.05, 4.69) is 26.7 Å². The molecule has 3 aromatic heterocycles. The number of rotatable bonds is 8. The number of carbonyl (C=O) groups is 2. The van der Waals surface area contributed by atoms with E-state index >= 15 is 0 Å². The molecule has 0 spiro atoms. The first-order valence-electron chi connectivity index (χ1n) is 14.4. The molecule has 1 aromatic carbocycles. The minimum absolute atomic E-state index is 0.137. The topological polar surface area (TPSA) is 135 Å². The average Bonchev–Trinajstić information content (AvgIpc) is 3.40. The fourth-order valence-electron chi connectivity index (χ4n) is 6.55. The molecule has 3 heterocycles. The summed E-state index contributed by atoms with van der Waals surface area (Å²) in [5.74, 6) is -0.599. The predicted octanol–water partition coefficient (Wildman–Crippen LogP) is 5.08. The molecule has 4 aromatic rings. The SMILES string of the molecule is CC(C)C(=O)O[C@H]1[C@H](n2ccc3c(N)ccnc32)[C@H]2C[C@@]2(CCc2ccc3nc(N)ccc3c2)[C@H]1OC(=O)C(C)C. The van der Waals surface area contributed by atoms with Crippen molar-refractivity contribution in [1.82, 2.24) is 14.5 Å². The largest absolute Gasteiger partial charge is 0.458 e. The summed E-state index contributed by atoms with van der Waals surface area (Å²) in [5.41, 5.74) is 15.2. The number of nitrogens with zero attached hydrogens (tertiary/aromatic N) is 3. The molecule has 0 amide bonds. The highest BCUT2D eigenvalue weighted by Gasteiger charge is 2.74. The number of esters is 2. The van der Waals surface area contributed by atoms with Gasteiger partial charge in [-0.3, -0.25) is 9.59 Å². The highest BCUT2D eigenvalue weighted by atomic mass is 16.6. The first-order valence-corrected chi connectivity index (χ1v) is 14.4. The minimum atomic E-state index is -0.644. The molecule has 9 nitrogen and oxygen atoms in total. The van der Waals surface area contributed by atoms with Crippen LogP contribution in [0.3, 0.4) is 0 Å². The van der Waals surface area contributed by atoms with Gasteiger partial charge >= 0.3 is 11.9 Å². The van der Waals surface area contributed by atoms with Crippen molar-refractivity contribution in [2.24, 2.45) is 23.2 Å². The van der Waals surface area contributed by atoms with Crippen LogP contribution >= 0.6 is 0 Å². The molecule has 0 bridgehead atoms. The highest BCUT2D eigenvalue weighted by molar-refractivity contribution is 5.88. The lowest BCUT2D eigenvalue weighted by molar-refractivity contribution is -0.177. The number of aromatic nitrogens is 3. The van der Waals surface area contributed by atoms with Crippen LogP contribution < -0.4 is 11.5 Å². The van der Waals surface area contributed by atoms with Gasteiger partial charge in [-0.05, 0) is 67.1 Å². The van der Waals surface area contributed by atoms with Gasteiger partial charge in [0.15, 0.2) is 6.10 Å². The minimum Gasteiger partial charge on any atom is -0.458 e. The maximum absolute atomic E-state index is 13.1. The molecule has 9 heteroatoms. The van der Waals surface area contributed by atoms with E-state index in [1.807, 2.05) is 52.1 Å². The van der Waals surface area contributed by atoms with E-state index in [1.165, 1.54) is 0 Å². The molecular formula is C32H37N5O4. The number of anilines is 2. The number of aryl methyl sites for hydroxylation is 1. The summed E-state index contributed by atoms with van der Waals surface area (Å²) < 4.78 is 14.5. The van der Waals surface area contributed by atoms with Crippen LogP contribution in [0.15, 0.2) is 54.9 Å². The van der Waals surface area contributed by atoms with Gasteiger partial charge in [-0.1, -0.05) is 33.8 Å². The number of nitrogen functional groups attached to an aromatic ring is 2. The lowest BCUT2D eigenvalue weighted by Crippen LogP contribution is -2.42. The molecule has 5 atom stereocenters. The number of carbonyl (C=O) groups excluding carboxylic acids is 2. The summed E-state index contributed by atoms with van der Waals surface area (Å²) in [7, 11) is 0. The standard InChI is InChI=1S/C32H37N5O4/c1-17(2)30(38)40-27-26(37-14-11-21-23(33)10-13-35-29(21)37)22-16-32(22,28(27)41-31(39)18(3)4)12-9-19-5-7-24-20(15-19)6-8-25(34)36-24/h5-8,10-11,13-15,17-18,22,26-28H,9,12,16H2,1-4H3,(H2,33,35)(H2,34,36)/t22-,26-,27+,28+,32-/m1/s1. The van der Waals surface area contributed by atoms with Crippen molar-refractivity contribution in [2.45, 2.75) is 65.2 Å². The monoisotopic (exact) mass is 555 g/mol. The first-order chi connectivity index (χ1) is 19.6. The van der Waals surface area contributed by atoms with Crippen molar-refractivity contribution in [3.63, 3.8) is 0 Å². The van der Waals surface area contributed by atoms with E-state index in [-0.39, 0.29) is 41.1 Å². The van der Waals surface area contributed by atoms with E-state index < -0.39 is 12.2 Å². The van der Waals surface area contributed by atoms with Crippen LogP contribution in [0.4, 0.5) is 11.5 Å². The van der Waals surface area contributed by atoms with Crippen LogP contribution in [0.5, 0.6) is 0 Å². The molecule has 2 fully saturated rings. The smallest absolute Gasteiger partial charge is 0.308 e. The Labute approximate surface area is 239 Å². The van der Waals surface area contributed by atoms with Crippen molar-refractivity contribution >= 4 is 45.4 Å². The number of ether oxygens (including phenoxy) is 2. The summed E-state index contributed by atoms with van der Waals surface area (Å²) in [5, 5.41) is 1.88. The summed E-state index contributed by atoms with van der Waals surface area (Å²) >= 11 is 0. The Hall–Kier alpha value is -4.14. The van der Waals surface area contributed by atoms with E-state index in [0.717, 1.165) is 46.8 Å². The van der Waals surface area contributed by atoms with Gasteiger partial charge in [0.1, 0.15) is 17.6 Å². The zero-order valence-electron chi connectivity index (χ0n) is 23.9. The molecule has 2 aliphatic rings. The first kappa shape index (κ1) is 27.1. The van der Waals surface area contributed by atoms with Gasteiger partial charge in [-0.2, -0.15) is 0 Å². The van der Waals surface area contributed by atoms with Crippen LogP contribution in [0.25, 0.3) is 21.9 Å². The van der Waals surface area contributed by atoms with Crippen molar-refractivity contribution in [3.05, 3.63) is 60.4 Å². The van der Waals surface area contributed by atoms with Crippen LogP contribution in [-0.4, -0.2) is 38.7 Å². The van der Waals surface area contributed by atoms with E-state index in [0.29, 0.717) is 11.5 Å². The molecule has 214 valence electrons. The van der Waals surface area contributed by atoms with Crippen LogP contribution in [0.1, 0.15) is 52.1 Å². The zero-order valence-corrected chi connectivity index (χ0v) is 23.9. The van der Waals surface area contributed by atoms with Crippen molar-refractivity contribution in [3.8, 4) is 0 Å². The van der Waals surface area contributed by atoms with Crippen molar-refractivity contribution in [2.75, 3.05) is 11.5 Å². The second-order valence-electron chi connectivity index (χ2n) is 12.2. The van der Waals surface area contributed by atoms with E-state index in [9.17, 15) is 9.59 Å². The van der Waals surface area contributed by atoms with Gasteiger partial charge in [0, 0.05) is 34.3 Å². The molecule has 0 unspecified atom stereocenters. The lowest BCUT2D eigenvalue weighted by Gasteiger charge is -2.32. The zero-order chi connectivity index (χ0) is 29.1. The quantitative estimate of drug-likeness (QED) is 0.287. The Morgan fingerprint density at radius 3 is 2.54 bits per heavy atom. The summed E-state index contributed by atoms with van der Waals surface area (Å²) in [6.45, 7) is 7.27. The maximum Gasteiger partial charge on any atom is 0.308 e. The molecule has 6 rings (SSSR count). The second-order valence-corrected chi connectivity index (χ2v) is 12.2. The van der Waals surface area contributed by atoms with Crippen LogP contribution in [0, 0.1) is 23.2 Å². The van der Waals surface area contributed by atoms with Gasteiger partial charge in [0.05, 0.1) is 23.4 Å². The Bertz CT molecular complexity index is 1650. The normalized spacial score (nSPS) is 25.1. The lowest BCUT2D eigenvalue weighted by atomic mass is 9.90. The number of pyridine rings is 2. The van der Waals surface area contributed by atoms with Gasteiger partial charge in [0.2, 0.25) is 0 Å². The Morgan fingerprint density at radius 2 is 1.78 bits per heavy atom. The molecule has 0 radical (unpaired) electrons. The maximum atomic E-state index is 13.1. The number of fused-ring (bicyclic) bond motifs is 3. The van der Waals surface area contributed by atoms with Crippen LogP contribution in [0.2, 0.25) is 0 Å². The van der Waals surface area contributed by atoms with Gasteiger partial charge < -0.3 is 25.5 Å². The molecule has 0 aliphatic heterocycles. The third-order valence-electron chi connectivity index (χ3n) is 8.85. The predicted molar refractivity (Wildman–Crippen MR) is 158 cm³/mol. The van der Waals surface area contributed by atoms with Crippen molar-refractivity contribution < 1.29 is 19.1 Å². The van der Waals surface area contributed by atoms with E-state index in [4.69, 9.17) is 20.9 Å². The van der Waals surface area contributed by atoms with Gasteiger partial charge in [0.25, 0.3) is 0 Å². The Kier molecular flexibility index (Phi) is 6.63. The fraction of sp³-hybridized carbons (Fsp3) is 0.438. The Balaban J connectivity index is 1.38. The van der Waals surface area contributed by atoms with Gasteiger partial charge in [-0.25, -0.2) is 9.97 Å². The number of nitrogens with two attached hydrogens (primary N) is 2. The Morgan fingerprint density at radius 1 is 1.02 bits per heavy atom. The average molecular weight is 556 g/mol. The number of hydrogen-bond acceptors (Lipinski definition) is 8. The second kappa shape index (κ2) is 10.0. The molecule has 4 N–H and O–H groups in total. The van der Waals surface area contributed by atoms with E-state index in [1.54, 1.807) is 18.3 Å².